The van der Waals surface area contributed by atoms with Crippen LogP contribution in [0.15, 0.2) is 47.0 Å². The van der Waals surface area contributed by atoms with Gasteiger partial charge in [-0.05, 0) is 66.8 Å². The van der Waals surface area contributed by atoms with Crippen molar-refractivity contribution < 1.29 is 14.1 Å². The fourth-order valence-electron chi connectivity index (χ4n) is 3.38. The van der Waals surface area contributed by atoms with Crippen LogP contribution in [0.3, 0.4) is 0 Å². The molecule has 0 aliphatic heterocycles. The van der Waals surface area contributed by atoms with Crippen LogP contribution in [-0.2, 0) is 24.1 Å². The number of fused-ring (bicyclic) bond motifs is 1. The van der Waals surface area contributed by atoms with E-state index in [1.807, 2.05) is 18.2 Å². The molecule has 1 heterocycles. The Morgan fingerprint density at radius 2 is 1.97 bits per heavy atom. The normalized spacial score (nSPS) is 12.6. The van der Waals surface area contributed by atoms with Crippen molar-refractivity contribution in [3.63, 3.8) is 0 Å². The summed E-state index contributed by atoms with van der Waals surface area (Å²) in [5, 5.41) is 7.45. The van der Waals surface area contributed by atoms with E-state index in [0.29, 0.717) is 36.3 Å². The lowest BCUT2D eigenvalue weighted by molar-refractivity contribution is -0.121. The molecule has 0 radical (unpaired) electrons. The molecule has 3 aromatic rings. The molecular formula is C22H22ClN3O3. The van der Waals surface area contributed by atoms with Crippen LogP contribution in [-0.4, -0.2) is 29.2 Å². The first-order chi connectivity index (χ1) is 14.2. The summed E-state index contributed by atoms with van der Waals surface area (Å²) >= 11 is 5.88. The Morgan fingerprint density at radius 3 is 2.83 bits per heavy atom. The van der Waals surface area contributed by atoms with Gasteiger partial charge in [0.2, 0.25) is 17.6 Å². The zero-order valence-corrected chi connectivity index (χ0v) is 16.7. The number of nitrogens with zero attached hydrogens (tertiary/aromatic N) is 2. The molecule has 0 saturated heterocycles. The van der Waals surface area contributed by atoms with Gasteiger partial charge in [0.05, 0.1) is 6.54 Å². The first-order valence-corrected chi connectivity index (χ1v) is 10.1. The number of aryl methyl sites for hydroxylation is 3. The van der Waals surface area contributed by atoms with Gasteiger partial charge in [-0.2, -0.15) is 4.98 Å². The Kier molecular flexibility index (Phi) is 6.10. The van der Waals surface area contributed by atoms with Crippen LogP contribution in [0.4, 0.5) is 0 Å². The molecule has 29 heavy (non-hydrogen) atoms. The van der Waals surface area contributed by atoms with Crippen LogP contribution >= 0.6 is 11.6 Å². The van der Waals surface area contributed by atoms with Crippen LogP contribution in [0.25, 0.3) is 11.4 Å². The zero-order valence-electron chi connectivity index (χ0n) is 16.0. The molecule has 0 saturated carbocycles. The lowest BCUT2D eigenvalue weighted by Gasteiger charge is -2.09. The van der Waals surface area contributed by atoms with Gasteiger partial charge >= 0.3 is 0 Å². The minimum atomic E-state index is -0.0752. The van der Waals surface area contributed by atoms with Gasteiger partial charge in [0.1, 0.15) is 12.4 Å². The second kappa shape index (κ2) is 9.09. The molecule has 150 valence electrons. The number of rotatable bonds is 8. The molecule has 0 spiro atoms. The standard InChI is InChI=1S/C22H22ClN3O3/c23-18-7-4-16(5-8-18)22-25-21(29-26-22)11-10-20(27)24-12-13-28-19-9-6-15-2-1-3-17(15)14-19/h4-9,14H,1-3,10-13H2,(H,24,27). The highest BCUT2D eigenvalue weighted by Gasteiger charge is 2.12. The fourth-order valence-corrected chi connectivity index (χ4v) is 3.50. The van der Waals surface area contributed by atoms with E-state index < -0.39 is 0 Å². The van der Waals surface area contributed by atoms with E-state index in [2.05, 4.69) is 27.6 Å². The Bertz CT molecular complexity index is 985. The van der Waals surface area contributed by atoms with Crippen molar-refractivity contribution in [3.8, 4) is 17.1 Å². The van der Waals surface area contributed by atoms with E-state index in [4.69, 9.17) is 20.9 Å². The maximum atomic E-state index is 12.0. The SMILES string of the molecule is O=C(CCc1nc(-c2ccc(Cl)cc2)no1)NCCOc1ccc2c(c1)CCC2. The summed E-state index contributed by atoms with van der Waals surface area (Å²) in [5.74, 6) is 1.70. The van der Waals surface area contributed by atoms with Crippen LogP contribution in [0, 0.1) is 0 Å². The van der Waals surface area contributed by atoms with Crippen LogP contribution in [0.2, 0.25) is 5.02 Å². The quantitative estimate of drug-likeness (QED) is 0.567. The van der Waals surface area contributed by atoms with Crippen molar-refractivity contribution in [2.75, 3.05) is 13.2 Å². The summed E-state index contributed by atoms with van der Waals surface area (Å²) < 4.78 is 11.0. The zero-order chi connectivity index (χ0) is 20.1. The third-order valence-corrected chi connectivity index (χ3v) is 5.15. The smallest absolute Gasteiger partial charge is 0.227 e. The third-order valence-electron chi connectivity index (χ3n) is 4.90. The van der Waals surface area contributed by atoms with Crippen molar-refractivity contribution in [2.45, 2.75) is 32.1 Å². The van der Waals surface area contributed by atoms with Gasteiger partial charge in [-0.1, -0.05) is 22.8 Å². The lowest BCUT2D eigenvalue weighted by atomic mass is 10.1. The summed E-state index contributed by atoms with van der Waals surface area (Å²) in [4.78, 5) is 16.3. The molecule has 1 aromatic heterocycles. The predicted octanol–water partition coefficient (Wildman–Crippen LogP) is 4.01. The van der Waals surface area contributed by atoms with E-state index in [1.54, 1.807) is 12.1 Å². The van der Waals surface area contributed by atoms with Crippen molar-refractivity contribution >= 4 is 17.5 Å². The largest absolute Gasteiger partial charge is 0.492 e. The van der Waals surface area contributed by atoms with Crippen molar-refractivity contribution in [1.82, 2.24) is 15.5 Å². The van der Waals surface area contributed by atoms with E-state index >= 15 is 0 Å². The highest BCUT2D eigenvalue weighted by molar-refractivity contribution is 6.30. The number of hydrogen-bond acceptors (Lipinski definition) is 5. The van der Waals surface area contributed by atoms with Gasteiger partial charge < -0.3 is 14.6 Å². The second-order valence-corrected chi connectivity index (χ2v) is 7.44. The average Bonchev–Trinajstić information content (AvgIpc) is 3.39. The van der Waals surface area contributed by atoms with Crippen LogP contribution < -0.4 is 10.1 Å². The molecule has 1 amide bonds. The number of carbonyl (C=O) groups is 1. The topological polar surface area (TPSA) is 77.2 Å². The van der Waals surface area contributed by atoms with E-state index in [-0.39, 0.29) is 12.3 Å². The van der Waals surface area contributed by atoms with Crippen molar-refractivity contribution in [1.29, 1.82) is 0 Å². The molecule has 0 bridgehead atoms. The van der Waals surface area contributed by atoms with Crippen LogP contribution in [0.1, 0.15) is 29.9 Å². The monoisotopic (exact) mass is 411 g/mol. The summed E-state index contributed by atoms with van der Waals surface area (Å²) in [6.07, 6.45) is 4.17. The van der Waals surface area contributed by atoms with Gasteiger partial charge in [-0.25, -0.2) is 0 Å². The number of hydrogen-bond donors (Lipinski definition) is 1. The molecule has 4 rings (SSSR count). The average molecular weight is 412 g/mol. The van der Waals surface area contributed by atoms with Gasteiger partial charge in [0, 0.05) is 23.4 Å². The molecule has 2 aromatic carbocycles. The second-order valence-electron chi connectivity index (χ2n) is 7.00. The van der Waals surface area contributed by atoms with Crippen LogP contribution in [0.5, 0.6) is 5.75 Å². The Morgan fingerprint density at radius 1 is 1.14 bits per heavy atom. The number of benzene rings is 2. The van der Waals surface area contributed by atoms with Crippen molar-refractivity contribution in [2.24, 2.45) is 0 Å². The Labute approximate surface area is 174 Å². The first-order valence-electron chi connectivity index (χ1n) is 9.77. The highest BCUT2D eigenvalue weighted by Crippen LogP contribution is 2.26. The predicted molar refractivity (Wildman–Crippen MR) is 110 cm³/mol. The lowest BCUT2D eigenvalue weighted by Crippen LogP contribution is -2.28. The van der Waals surface area contributed by atoms with Crippen molar-refractivity contribution in [3.05, 3.63) is 64.5 Å². The maximum Gasteiger partial charge on any atom is 0.227 e. The molecule has 1 aliphatic carbocycles. The van der Waals surface area contributed by atoms with E-state index in [1.165, 1.54) is 17.5 Å². The summed E-state index contributed by atoms with van der Waals surface area (Å²) in [7, 11) is 0. The van der Waals surface area contributed by atoms with Gasteiger partial charge in [0.15, 0.2) is 0 Å². The molecule has 6 nitrogen and oxygen atoms in total. The molecule has 0 atom stereocenters. The molecule has 0 unspecified atom stereocenters. The molecule has 0 fully saturated rings. The number of halogens is 1. The molecule has 7 heteroatoms. The minimum Gasteiger partial charge on any atom is -0.492 e. The summed E-state index contributed by atoms with van der Waals surface area (Å²) in [6.45, 7) is 0.890. The minimum absolute atomic E-state index is 0.0752. The number of carbonyl (C=O) groups excluding carboxylic acids is 1. The van der Waals surface area contributed by atoms with Gasteiger partial charge in [-0.3, -0.25) is 4.79 Å². The van der Waals surface area contributed by atoms with Gasteiger partial charge in [0.25, 0.3) is 0 Å². The summed E-state index contributed by atoms with van der Waals surface area (Å²) in [6, 6.07) is 13.4. The molecule has 1 aliphatic rings. The highest BCUT2D eigenvalue weighted by atomic mass is 35.5. The number of nitrogens with one attached hydrogen (secondary N) is 1. The number of ether oxygens (including phenoxy) is 1. The summed E-state index contributed by atoms with van der Waals surface area (Å²) in [5.41, 5.74) is 3.62. The first kappa shape index (κ1) is 19.5. The van der Waals surface area contributed by atoms with E-state index in [0.717, 1.165) is 24.2 Å². The maximum absolute atomic E-state index is 12.0. The third kappa shape index (κ3) is 5.15. The van der Waals surface area contributed by atoms with E-state index in [9.17, 15) is 4.79 Å². The Hall–Kier alpha value is -2.86. The fraction of sp³-hybridized carbons (Fsp3) is 0.318. The molecule has 1 N–H and O–H groups in total. The number of amides is 1. The number of aromatic nitrogens is 2. The van der Waals surface area contributed by atoms with Gasteiger partial charge in [-0.15, -0.1) is 0 Å². The molecular weight excluding hydrogens is 390 g/mol. The Balaban J connectivity index is 1.17.